The predicted octanol–water partition coefficient (Wildman–Crippen LogP) is 2.97. The van der Waals surface area contributed by atoms with Gasteiger partial charge in [-0.25, -0.2) is 4.39 Å². The van der Waals surface area contributed by atoms with Crippen molar-refractivity contribution in [1.82, 2.24) is 0 Å². The van der Waals surface area contributed by atoms with Crippen LogP contribution >= 0.6 is 0 Å². The molecule has 1 unspecified atom stereocenters. The second-order valence-electron chi connectivity index (χ2n) is 5.07. The fourth-order valence-electron chi connectivity index (χ4n) is 2.55. The lowest BCUT2D eigenvalue weighted by Gasteiger charge is -2.34. The number of anilines is 1. The van der Waals surface area contributed by atoms with Crippen LogP contribution in [0.1, 0.15) is 5.56 Å². The van der Waals surface area contributed by atoms with Crippen LogP contribution in [0.3, 0.4) is 0 Å². The van der Waals surface area contributed by atoms with Gasteiger partial charge in [0.25, 0.3) is 0 Å². The maximum Gasteiger partial charge on any atom is 0.146 e. The number of fused-ring (bicyclic) bond motifs is 1. The van der Waals surface area contributed by atoms with Gasteiger partial charge >= 0.3 is 0 Å². The molecular weight excluding hydrogens is 257 g/mol. The van der Waals surface area contributed by atoms with E-state index >= 15 is 0 Å². The van der Waals surface area contributed by atoms with Crippen molar-refractivity contribution in [2.45, 2.75) is 12.5 Å². The summed E-state index contributed by atoms with van der Waals surface area (Å²) in [4.78, 5) is 2.06. The van der Waals surface area contributed by atoms with Crippen molar-refractivity contribution in [3.63, 3.8) is 0 Å². The molecule has 4 heteroatoms. The van der Waals surface area contributed by atoms with E-state index in [1.165, 1.54) is 6.07 Å². The van der Waals surface area contributed by atoms with Gasteiger partial charge in [-0.15, -0.1) is 0 Å². The molecule has 1 heterocycles. The number of hydrogen-bond acceptors (Lipinski definition) is 3. The van der Waals surface area contributed by atoms with Gasteiger partial charge in [-0.05, 0) is 23.8 Å². The van der Waals surface area contributed by atoms with E-state index in [0.29, 0.717) is 24.3 Å². The summed E-state index contributed by atoms with van der Waals surface area (Å²) < 4.78 is 19.6. The van der Waals surface area contributed by atoms with E-state index in [9.17, 15) is 9.50 Å². The molecule has 2 aromatic carbocycles. The molecule has 1 aliphatic rings. The molecule has 0 saturated heterocycles. The van der Waals surface area contributed by atoms with E-state index in [2.05, 4.69) is 4.90 Å². The van der Waals surface area contributed by atoms with E-state index in [-0.39, 0.29) is 17.7 Å². The molecule has 3 rings (SSSR count). The Morgan fingerprint density at radius 2 is 2.10 bits per heavy atom. The van der Waals surface area contributed by atoms with E-state index in [4.69, 9.17) is 4.74 Å². The molecule has 104 valence electrons. The summed E-state index contributed by atoms with van der Waals surface area (Å²) in [5.74, 6) is 0.601. The van der Waals surface area contributed by atoms with Crippen molar-refractivity contribution < 1.29 is 14.2 Å². The molecule has 0 fully saturated rings. The van der Waals surface area contributed by atoms with Gasteiger partial charge in [0.05, 0.1) is 12.2 Å². The monoisotopic (exact) mass is 273 g/mol. The maximum atomic E-state index is 13.7. The van der Waals surface area contributed by atoms with E-state index in [0.717, 1.165) is 5.69 Å². The van der Waals surface area contributed by atoms with Crippen molar-refractivity contribution in [3.05, 3.63) is 53.8 Å². The molecule has 2 aromatic rings. The van der Waals surface area contributed by atoms with E-state index in [1.54, 1.807) is 24.3 Å². The molecule has 20 heavy (non-hydrogen) atoms. The lowest BCUT2D eigenvalue weighted by Crippen LogP contribution is -2.39. The zero-order valence-corrected chi connectivity index (χ0v) is 11.2. The number of aromatic hydroxyl groups is 1. The van der Waals surface area contributed by atoms with Crippen molar-refractivity contribution in [2.24, 2.45) is 0 Å². The van der Waals surface area contributed by atoms with Gasteiger partial charge in [-0.3, -0.25) is 0 Å². The largest absolute Gasteiger partial charge is 0.508 e. The Morgan fingerprint density at radius 3 is 2.90 bits per heavy atom. The van der Waals surface area contributed by atoms with Gasteiger partial charge in [-0.1, -0.05) is 18.2 Å². The summed E-state index contributed by atoms with van der Waals surface area (Å²) in [5, 5.41) is 9.54. The number of phenolic OH excluding ortho intramolecular Hbond substituents is 1. The molecule has 0 bridgehead atoms. The molecule has 0 aliphatic carbocycles. The third-order valence-electron chi connectivity index (χ3n) is 3.53. The highest BCUT2D eigenvalue weighted by atomic mass is 19.1. The van der Waals surface area contributed by atoms with Crippen LogP contribution in [0.25, 0.3) is 0 Å². The third kappa shape index (κ3) is 2.41. The lowest BCUT2D eigenvalue weighted by molar-refractivity contribution is 0.194. The molecule has 0 spiro atoms. The first-order chi connectivity index (χ1) is 9.63. The summed E-state index contributed by atoms with van der Waals surface area (Å²) in [6.07, 6.45) is 0.373. The van der Waals surface area contributed by atoms with Crippen LogP contribution in [0.4, 0.5) is 10.1 Å². The highest BCUT2D eigenvalue weighted by Gasteiger charge is 2.24. The average Bonchev–Trinajstić information content (AvgIpc) is 2.41. The van der Waals surface area contributed by atoms with Crippen LogP contribution in [-0.2, 0) is 6.42 Å². The number of benzene rings is 2. The van der Waals surface area contributed by atoms with Gasteiger partial charge in [0.15, 0.2) is 0 Å². The van der Waals surface area contributed by atoms with Crippen molar-refractivity contribution in [1.29, 1.82) is 0 Å². The maximum absolute atomic E-state index is 13.7. The molecule has 1 aliphatic heterocycles. The summed E-state index contributed by atoms with van der Waals surface area (Å²) >= 11 is 0. The number of halogens is 1. The summed E-state index contributed by atoms with van der Waals surface area (Å²) in [5.41, 5.74) is 1.59. The second kappa shape index (κ2) is 5.04. The smallest absolute Gasteiger partial charge is 0.146 e. The molecule has 1 atom stereocenters. The van der Waals surface area contributed by atoms with E-state index in [1.807, 2.05) is 19.2 Å². The first-order valence-electron chi connectivity index (χ1n) is 6.57. The van der Waals surface area contributed by atoms with Gasteiger partial charge in [0.1, 0.15) is 23.4 Å². The van der Waals surface area contributed by atoms with Crippen molar-refractivity contribution in [2.75, 3.05) is 18.5 Å². The zero-order chi connectivity index (χ0) is 14.1. The zero-order valence-electron chi connectivity index (χ0n) is 11.2. The highest BCUT2D eigenvalue weighted by Crippen LogP contribution is 2.35. The Hall–Kier alpha value is -2.23. The second-order valence-corrected chi connectivity index (χ2v) is 5.07. The van der Waals surface area contributed by atoms with Gasteiger partial charge in [0.2, 0.25) is 0 Å². The van der Waals surface area contributed by atoms with Gasteiger partial charge in [-0.2, -0.15) is 0 Å². The van der Waals surface area contributed by atoms with Crippen LogP contribution < -0.4 is 9.64 Å². The number of ether oxygens (including phenoxy) is 1. The molecule has 0 radical (unpaired) electrons. The first-order valence-corrected chi connectivity index (χ1v) is 6.57. The first kappa shape index (κ1) is 12.8. The lowest BCUT2D eigenvalue weighted by atomic mass is 10.1. The number of likely N-dealkylation sites (N-methyl/N-ethyl adjacent to an activating group) is 1. The quantitative estimate of drug-likeness (QED) is 0.913. The van der Waals surface area contributed by atoms with Crippen LogP contribution in [-0.4, -0.2) is 24.8 Å². The molecule has 1 N–H and O–H groups in total. The number of rotatable bonds is 2. The average molecular weight is 273 g/mol. The molecule has 0 amide bonds. The van der Waals surface area contributed by atoms with Crippen LogP contribution in [0, 0.1) is 5.82 Å². The van der Waals surface area contributed by atoms with Crippen LogP contribution in [0.15, 0.2) is 42.5 Å². The minimum atomic E-state index is -0.208. The van der Waals surface area contributed by atoms with Crippen LogP contribution in [0.2, 0.25) is 0 Å². The fourth-order valence-corrected chi connectivity index (χ4v) is 2.55. The summed E-state index contributed by atoms with van der Waals surface area (Å²) in [7, 11) is 1.97. The van der Waals surface area contributed by atoms with Gasteiger partial charge in [0, 0.05) is 19.5 Å². The standard InChI is InChI=1S/C16H16FNO2/c1-18-10-13(8-11-4-2-3-5-14(11)17)20-16-9-12(19)6-7-15(16)18/h2-7,9,13,19H,8,10H2,1H3. The number of phenols is 1. The van der Waals surface area contributed by atoms with E-state index < -0.39 is 0 Å². The number of nitrogens with zero attached hydrogens (tertiary/aromatic N) is 1. The van der Waals surface area contributed by atoms with Crippen molar-refractivity contribution in [3.8, 4) is 11.5 Å². The molecular formula is C16H16FNO2. The molecule has 0 saturated carbocycles. The topological polar surface area (TPSA) is 32.7 Å². The molecule has 3 nitrogen and oxygen atoms in total. The Morgan fingerprint density at radius 1 is 1.30 bits per heavy atom. The number of hydrogen-bond donors (Lipinski definition) is 1. The SMILES string of the molecule is CN1CC(Cc2ccccc2F)Oc2cc(O)ccc21. The Balaban J connectivity index is 1.83. The van der Waals surface area contributed by atoms with Crippen LogP contribution in [0.5, 0.6) is 11.5 Å². The minimum absolute atomic E-state index is 0.133. The summed E-state index contributed by atoms with van der Waals surface area (Å²) in [6.45, 7) is 0.687. The minimum Gasteiger partial charge on any atom is -0.508 e. The Kier molecular flexibility index (Phi) is 3.22. The molecule has 0 aromatic heterocycles. The third-order valence-corrected chi connectivity index (χ3v) is 3.53. The highest BCUT2D eigenvalue weighted by molar-refractivity contribution is 5.62. The van der Waals surface area contributed by atoms with Crippen molar-refractivity contribution >= 4 is 5.69 Å². The summed E-state index contributed by atoms with van der Waals surface area (Å²) in [6, 6.07) is 11.8. The fraction of sp³-hybridized carbons (Fsp3) is 0.250. The van der Waals surface area contributed by atoms with Gasteiger partial charge < -0.3 is 14.7 Å². The Labute approximate surface area is 117 Å². The Bertz CT molecular complexity index is 630. The normalized spacial score (nSPS) is 17.5. The predicted molar refractivity (Wildman–Crippen MR) is 75.9 cm³/mol.